The first-order chi connectivity index (χ1) is 8.60. The van der Waals surface area contributed by atoms with E-state index < -0.39 is 0 Å². The third kappa shape index (κ3) is 3.13. The van der Waals surface area contributed by atoms with Crippen LogP contribution in [-0.4, -0.2) is 11.7 Å². The van der Waals surface area contributed by atoms with Gasteiger partial charge in [0.1, 0.15) is 0 Å². The molecule has 1 atom stereocenters. The summed E-state index contributed by atoms with van der Waals surface area (Å²) in [5.41, 5.74) is 2.20. The van der Waals surface area contributed by atoms with Crippen molar-refractivity contribution in [1.29, 1.82) is 0 Å². The van der Waals surface area contributed by atoms with E-state index in [1.54, 1.807) is 11.3 Å². The topological polar surface area (TPSA) is 32.3 Å². The standard InChI is InChI=1S/C14H16BrNOS/c1-9-7-13(10(2)18-9)14(8-17)16-12-5-3-11(15)4-6-12/h3-7,14,16-17H,8H2,1-2H3. The molecule has 1 unspecified atom stereocenters. The normalized spacial score (nSPS) is 12.4. The molecule has 2 rings (SSSR count). The van der Waals surface area contributed by atoms with E-state index in [0.29, 0.717) is 0 Å². The highest BCUT2D eigenvalue weighted by Crippen LogP contribution is 2.29. The summed E-state index contributed by atoms with van der Waals surface area (Å²) in [6.45, 7) is 4.28. The summed E-state index contributed by atoms with van der Waals surface area (Å²) in [7, 11) is 0. The summed E-state index contributed by atoms with van der Waals surface area (Å²) in [6, 6.07) is 10.1. The van der Waals surface area contributed by atoms with Gasteiger partial charge in [0, 0.05) is 19.9 Å². The number of benzene rings is 1. The van der Waals surface area contributed by atoms with Crippen molar-refractivity contribution in [3.63, 3.8) is 0 Å². The maximum Gasteiger partial charge on any atom is 0.0755 e. The van der Waals surface area contributed by atoms with E-state index in [1.165, 1.54) is 15.3 Å². The SMILES string of the molecule is Cc1cc(C(CO)Nc2ccc(Br)cc2)c(C)s1. The molecule has 0 aliphatic heterocycles. The van der Waals surface area contributed by atoms with Gasteiger partial charge in [0.2, 0.25) is 0 Å². The number of anilines is 1. The van der Waals surface area contributed by atoms with Gasteiger partial charge in [-0.25, -0.2) is 0 Å². The molecule has 0 radical (unpaired) electrons. The minimum atomic E-state index is -0.0453. The fourth-order valence-electron chi connectivity index (χ4n) is 1.97. The van der Waals surface area contributed by atoms with Crippen LogP contribution in [0.3, 0.4) is 0 Å². The van der Waals surface area contributed by atoms with Crippen LogP contribution in [0.5, 0.6) is 0 Å². The maximum atomic E-state index is 9.56. The van der Waals surface area contributed by atoms with Gasteiger partial charge in [0.05, 0.1) is 12.6 Å². The molecule has 96 valence electrons. The first kappa shape index (κ1) is 13.6. The summed E-state index contributed by atoms with van der Waals surface area (Å²) >= 11 is 5.18. The lowest BCUT2D eigenvalue weighted by molar-refractivity contribution is 0.276. The molecule has 0 saturated carbocycles. The van der Waals surface area contributed by atoms with Gasteiger partial charge in [-0.05, 0) is 49.7 Å². The average molecular weight is 326 g/mol. The number of hydrogen-bond donors (Lipinski definition) is 2. The van der Waals surface area contributed by atoms with E-state index in [0.717, 1.165) is 10.2 Å². The minimum absolute atomic E-state index is 0.0453. The van der Waals surface area contributed by atoms with Crippen molar-refractivity contribution in [2.24, 2.45) is 0 Å². The zero-order chi connectivity index (χ0) is 13.1. The van der Waals surface area contributed by atoms with Gasteiger partial charge in [-0.15, -0.1) is 11.3 Å². The third-order valence-corrected chi connectivity index (χ3v) is 4.33. The van der Waals surface area contributed by atoms with E-state index in [9.17, 15) is 5.11 Å². The maximum absolute atomic E-state index is 9.56. The zero-order valence-electron chi connectivity index (χ0n) is 10.4. The van der Waals surface area contributed by atoms with Crippen molar-refractivity contribution in [2.75, 3.05) is 11.9 Å². The second-order valence-corrected chi connectivity index (χ2v) is 6.63. The van der Waals surface area contributed by atoms with Gasteiger partial charge in [-0.3, -0.25) is 0 Å². The molecule has 1 heterocycles. The van der Waals surface area contributed by atoms with Crippen molar-refractivity contribution in [3.05, 3.63) is 50.1 Å². The molecule has 0 saturated heterocycles. The monoisotopic (exact) mass is 325 g/mol. The van der Waals surface area contributed by atoms with Gasteiger partial charge in [0.25, 0.3) is 0 Å². The molecule has 0 spiro atoms. The quantitative estimate of drug-likeness (QED) is 0.879. The van der Waals surface area contributed by atoms with Gasteiger partial charge in [-0.2, -0.15) is 0 Å². The molecule has 1 aromatic heterocycles. The summed E-state index contributed by atoms with van der Waals surface area (Å²) in [4.78, 5) is 2.54. The minimum Gasteiger partial charge on any atom is -0.394 e. The Balaban J connectivity index is 2.19. The molecular formula is C14H16BrNOS. The molecule has 0 fully saturated rings. The van der Waals surface area contributed by atoms with Crippen molar-refractivity contribution in [2.45, 2.75) is 19.9 Å². The largest absolute Gasteiger partial charge is 0.394 e. The molecule has 4 heteroatoms. The van der Waals surface area contributed by atoms with Crippen molar-refractivity contribution in [3.8, 4) is 0 Å². The number of thiophene rings is 1. The van der Waals surface area contributed by atoms with E-state index in [4.69, 9.17) is 0 Å². The predicted molar refractivity (Wildman–Crippen MR) is 81.4 cm³/mol. The number of aliphatic hydroxyl groups is 1. The lowest BCUT2D eigenvalue weighted by Crippen LogP contribution is -2.14. The fraction of sp³-hybridized carbons (Fsp3) is 0.286. The Morgan fingerprint density at radius 1 is 1.28 bits per heavy atom. The van der Waals surface area contributed by atoms with Crippen LogP contribution in [0.25, 0.3) is 0 Å². The van der Waals surface area contributed by atoms with Gasteiger partial charge in [0.15, 0.2) is 0 Å². The van der Waals surface area contributed by atoms with Crippen LogP contribution in [0.2, 0.25) is 0 Å². The molecule has 0 aliphatic rings. The number of aliphatic hydroxyl groups excluding tert-OH is 1. The van der Waals surface area contributed by atoms with Crippen molar-refractivity contribution >= 4 is 33.0 Å². The van der Waals surface area contributed by atoms with Crippen LogP contribution < -0.4 is 5.32 Å². The molecule has 0 aliphatic carbocycles. The third-order valence-electron chi connectivity index (χ3n) is 2.82. The van der Waals surface area contributed by atoms with Gasteiger partial charge < -0.3 is 10.4 Å². The summed E-state index contributed by atoms with van der Waals surface area (Å²) < 4.78 is 1.05. The fourth-order valence-corrected chi connectivity index (χ4v) is 3.22. The van der Waals surface area contributed by atoms with Crippen LogP contribution in [0.15, 0.2) is 34.8 Å². The molecule has 18 heavy (non-hydrogen) atoms. The Morgan fingerprint density at radius 3 is 2.44 bits per heavy atom. The predicted octanol–water partition coefficient (Wildman–Crippen LogP) is 4.27. The lowest BCUT2D eigenvalue weighted by Gasteiger charge is -2.17. The number of halogens is 1. The molecule has 2 N–H and O–H groups in total. The Kier molecular flexibility index (Phi) is 4.43. The Labute approximate surface area is 120 Å². The molecule has 2 aromatic rings. The summed E-state index contributed by atoms with van der Waals surface area (Å²) in [5, 5.41) is 12.9. The Morgan fingerprint density at radius 2 is 1.94 bits per heavy atom. The van der Waals surface area contributed by atoms with E-state index in [2.05, 4.69) is 41.2 Å². The molecular weight excluding hydrogens is 310 g/mol. The van der Waals surface area contributed by atoms with Gasteiger partial charge in [-0.1, -0.05) is 15.9 Å². The second kappa shape index (κ2) is 5.87. The van der Waals surface area contributed by atoms with E-state index in [-0.39, 0.29) is 12.6 Å². The van der Waals surface area contributed by atoms with Crippen LogP contribution in [0.4, 0.5) is 5.69 Å². The first-order valence-corrected chi connectivity index (χ1v) is 7.41. The summed E-state index contributed by atoms with van der Waals surface area (Å²) in [5.74, 6) is 0. The first-order valence-electron chi connectivity index (χ1n) is 5.80. The van der Waals surface area contributed by atoms with Crippen LogP contribution in [0, 0.1) is 13.8 Å². The number of aryl methyl sites for hydroxylation is 2. The summed E-state index contributed by atoms with van der Waals surface area (Å²) in [6.07, 6.45) is 0. The Bertz CT molecular complexity index is 521. The smallest absolute Gasteiger partial charge is 0.0755 e. The Hall–Kier alpha value is -0.840. The lowest BCUT2D eigenvalue weighted by atomic mass is 10.1. The zero-order valence-corrected chi connectivity index (χ0v) is 12.8. The number of rotatable bonds is 4. The molecule has 1 aromatic carbocycles. The van der Waals surface area contributed by atoms with Crippen LogP contribution in [-0.2, 0) is 0 Å². The average Bonchev–Trinajstić information content (AvgIpc) is 2.68. The van der Waals surface area contributed by atoms with Crippen molar-refractivity contribution in [1.82, 2.24) is 0 Å². The molecule has 0 bridgehead atoms. The van der Waals surface area contributed by atoms with E-state index in [1.807, 2.05) is 24.3 Å². The second-order valence-electron chi connectivity index (χ2n) is 4.25. The van der Waals surface area contributed by atoms with Crippen LogP contribution >= 0.6 is 27.3 Å². The van der Waals surface area contributed by atoms with Crippen LogP contribution in [0.1, 0.15) is 21.4 Å². The van der Waals surface area contributed by atoms with E-state index >= 15 is 0 Å². The van der Waals surface area contributed by atoms with Crippen molar-refractivity contribution < 1.29 is 5.11 Å². The number of hydrogen-bond acceptors (Lipinski definition) is 3. The highest BCUT2D eigenvalue weighted by atomic mass is 79.9. The molecule has 0 amide bonds. The highest BCUT2D eigenvalue weighted by Gasteiger charge is 2.14. The van der Waals surface area contributed by atoms with Gasteiger partial charge >= 0.3 is 0 Å². The highest BCUT2D eigenvalue weighted by molar-refractivity contribution is 9.10. The number of nitrogens with one attached hydrogen (secondary N) is 1. The molecule has 2 nitrogen and oxygen atoms in total.